The van der Waals surface area contributed by atoms with Crippen molar-refractivity contribution in [3.63, 3.8) is 0 Å². The smallest absolute Gasteiger partial charge is 0.224 e. The fraction of sp³-hybridized carbons (Fsp3) is 0.500. The van der Waals surface area contributed by atoms with Crippen LogP contribution in [0.1, 0.15) is 39.2 Å². The average molecular weight is 219 g/mol. The fourth-order valence-corrected chi connectivity index (χ4v) is 1.51. The number of aryl methyl sites for hydroxylation is 1. The lowest BCUT2D eigenvalue weighted by molar-refractivity contribution is -0.116. The van der Waals surface area contributed by atoms with Gasteiger partial charge in [-0.15, -0.1) is 0 Å². The van der Waals surface area contributed by atoms with E-state index in [2.05, 4.69) is 32.2 Å². The first-order chi connectivity index (χ1) is 7.61. The molecule has 16 heavy (non-hydrogen) atoms. The van der Waals surface area contributed by atoms with Gasteiger partial charge in [0, 0.05) is 12.1 Å². The molecule has 1 rings (SSSR count). The molecule has 0 fully saturated rings. The largest absolute Gasteiger partial charge is 0.326 e. The Labute approximate surface area is 98.1 Å². The maximum Gasteiger partial charge on any atom is 0.224 e. The number of amides is 1. The predicted molar refractivity (Wildman–Crippen MR) is 68.5 cm³/mol. The zero-order chi connectivity index (χ0) is 12.0. The van der Waals surface area contributed by atoms with Gasteiger partial charge in [-0.1, -0.05) is 32.9 Å². The first-order valence-electron chi connectivity index (χ1n) is 6.00. The third kappa shape index (κ3) is 4.47. The molecular formula is C14H21NO. The van der Waals surface area contributed by atoms with Crippen molar-refractivity contribution in [2.24, 2.45) is 5.92 Å². The number of benzene rings is 1. The number of rotatable bonds is 5. The van der Waals surface area contributed by atoms with E-state index in [1.54, 1.807) is 0 Å². The molecule has 1 aromatic rings. The number of hydrogen-bond donors (Lipinski definition) is 1. The lowest BCUT2D eigenvalue weighted by atomic mass is 10.1. The Kier molecular flexibility index (Phi) is 5.03. The third-order valence-electron chi connectivity index (χ3n) is 2.57. The molecule has 0 aliphatic carbocycles. The van der Waals surface area contributed by atoms with Gasteiger partial charge in [0.05, 0.1) is 0 Å². The molecule has 1 aromatic carbocycles. The van der Waals surface area contributed by atoms with Crippen LogP contribution in [0.4, 0.5) is 5.69 Å². The van der Waals surface area contributed by atoms with Crippen LogP contribution < -0.4 is 5.32 Å². The summed E-state index contributed by atoms with van der Waals surface area (Å²) in [6, 6.07) is 8.03. The van der Waals surface area contributed by atoms with E-state index in [0.717, 1.165) is 18.5 Å². The Hall–Kier alpha value is -1.31. The van der Waals surface area contributed by atoms with Gasteiger partial charge in [-0.2, -0.15) is 0 Å². The first kappa shape index (κ1) is 12.8. The number of nitrogens with one attached hydrogen (secondary N) is 1. The van der Waals surface area contributed by atoms with Crippen molar-refractivity contribution in [1.82, 2.24) is 0 Å². The van der Waals surface area contributed by atoms with Crippen LogP contribution in [-0.4, -0.2) is 5.91 Å². The SMILES string of the molecule is CCc1cccc(NC(=O)CCC(C)C)c1. The van der Waals surface area contributed by atoms with Crippen molar-refractivity contribution >= 4 is 11.6 Å². The highest BCUT2D eigenvalue weighted by molar-refractivity contribution is 5.90. The molecule has 2 nitrogen and oxygen atoms in total. The van der Waals surface area contributed by atoms with E-state index in [-0.39, 0.29) is 5.91 Å². The second-order valence-electron chi connectivity index (χ2n) is 4.53. The number of hydrogen-bond acceptors (Lipinski definition) is 1. The van der Waals surface area contributed by atoms with Gasteiger partial charge in [0.2, 0.25) is 5.91 Å². The summed E-state index contributed by atoms with van der Waals surface area (Å²) in [4.78, 5) is 11.6. The molecule has 0 aromatic heterocycles. The maximum atomic E-state index is 11.6. The molecule has 0 atom stereocenters. The Balaban J connectivity index is 2.49. The summed E-state index contributed by atoms with van der Waals surface area (Å²) in [5, 5.41) is 2.93. The molecule has 0 radical (unpaired) electrons. The number of carbonyl (C=O) groups is 1. The highest BCUT2D eigenvalue weighted by atomic mass is 16.1. The van der Waals surface area contributed by atoms with E-state index < -0.39 is 0 Å². The Morgan fingerprint density at radius 2 is 2.12 bits per heavy atom. The summed E-state index contributed by atoms with van der Waals surface area (Å²) in [5.74, 6) is 0.690. The molecule has 88 valence electrons. The lowest BCUT2D eigenvalue weighted by Gasteiger charge is -2.07. The molecule has 1 N–H and O–H groups in total. The van der Waals surface area contributed by atoms with Crippen LogP contribution in [0.25, 0.3) is 0 Å². The molecule has 1 amide bonds. The van der Waals surface area contributed by atoms with Crippen LogP contribution >= 0.6 is 0 Å². The second-order valence-corrected chi connectivity index (χ2v) is 4.53. The van der Waals surface area contributed by atoms with Gasteiger partial charge in [0.1, 0.15) is 0 Å². The summed E-state index contributed by atoms with van der Waals surface area (Å²) < 4.78 is 0. The fourth-order valence-electron chi connectivity index (χ4n) is 1.51. The van der Waals surface area contributed by atoms with Crippen molar-refractivity contribution in [2.75, 3.05) is 5.32 Å². The zero-order valence-electron chi connectivity index (χ0n) is 10.4. The molecule has 0 saturated heterocycles. The lowest BCUT2D eigenvalue weighted by Crippen LogP contribution is -2.12. The minimum absolute atomic E-state index is 0.113. The minimum atomic E-state index is 0.113. The van der Waals surface area contributed by atoms with Crippen LogP contribution in [0.3, 0.4) is 0 Å². The molecule has 0 unspecified atom stereocenters. The van der Waals surface area contributed by atoms with Gasteiger partial charge < -0.3 is 5.32 Å². The highest BCUT2D eigenvalue weighted by Gasteiger charge is 2.04. The first-order valence-corrected chi connectivity index (χ1v) is 6.00. The van der Waals surface area contributed by atoms with E-state index >= 15 is 0 Å². The van der Waals surface area contributed by atoms with Crippen molar-refractivity contribution in [1.29, 1.82) is 0 Å². The van der Waals surface area contributed by atoms with E-state index in [0.29, 0.717) is 12.3 Å². The minimum Gasteiger partial charge on any atom is -0.326 e. The summed E-state index contributed by atoms with van der Waals surface area (Å²) >= 11 is 0. The Morgan fingerprint density at radius 1 is 1.38 bits per heavy atom. The third-order valence-corrected chi connectivity index (χ3v) is 2.57. The van der Waals surface area contributed by atoms with Gasteiger partial charge in [-0.3, -0.25) is 4.79 Å². The molecule has 2 heteroatoms. The zero-order valence-corrected chi connectivity index (χ0v) is 10.4. The maximum absolute atomic E-state index is 11.6. The summed E-state index contributed by atoms with van der Waals surface area (Å²) in [6.07, 6.45) is 2.54. The van der Waals surface area contributed by atoms with E-state index in [1.807, 2.05) is 18.2 Å². The topological polar surface area (TPSA) is 29.1 Å². The van der Waals surface area contributed by atoms with Crippen molar-refractivity contribution in [3.05, 3.63) is 29.8 Å². The number of carbonyl (C=O) groups excluding carboxylic acids is 1. The van der Waals surface area contributed by atoms with Crippen LogP contribution in [0.15, 0.2) is 24.3 Å². The van der Waals surface area contributed by atoms with Crippen LogP contribution in [-0.2, 0) is 11.2 Å². The molecule has 0 bridgehead atoms. The van der Waals surface area contributed by atoms with Gasteiger partial charge in [0.15, 0.2) is 0 Å². The van der Waals surface area contributed by atoms with Gasteiger partial charge in [0.25, 0.3) is 0 Å². The summed E-state index contributed by atoms with van der Waals surface area (Å²) in [5.41, 5.74) is 2.16. The summed E-state index contributed by atoms with van der Waals surface area (Å²) in [6.45, 7) is 6.37. The molecule has 0 aliphatic rings. The highest BCUT2D eigenvalue weighted by Crippen LogP contribution is 2.12. The molecule has 0 heterocycles. The normalized spacial score (nSPS) is 10.5. The molecule has 0 saturated carbocycles. The van der Waals surface area contributed by atoms with E-state index in [1.165, 1.54) is 5.56 Å². The predicted octanol–water partition coefficient (Wildman–Crippen LogP) is 3.62. The van der Waals surface area contributed by atoms with Gasteiger partial charge >= 0.3 is 0 Å². The molecule has 0 aliphatic heterocycles. The van der Waals surface area contributed by atoms with E-state index in [9.17, 15) is 4.79 Å². The monoisotopic (exact) mass is 219 g/mol. The molecular weight excluding hydrogens is 198 g/mol. The number of anilines is 1. The quantitative estimate of drug-likeness (QED) is 0.805. The van der Waals surface area contributed by atoms with Gasteiger partial charge in [-0.05, 0) is 36.5 Å². The van der Waals surface area contributed by atoms with Crippen molar-refractivity contribution < 1.29 is 4.79 Å². The van der Waals surface area contributed by atoms with Crippen LogP contribution in [0.2, 0.25) is 0 Å². The average Bonchev–Trinajstić information content (AvgIpc) is 2.26. The van der Waals surface area contributed by atoms with Crippen molar-refractivity contribution in [3.8, 4) is 0 Å². The van der Waals surface area contributed by atoms with Crippen LogP contribution in [0.5, 0.6) is 0 Å². The Bertz CT molecular complexity index is 344. The van der Waals surface area contributed by atoms with Gasteiger partial charge in [-0.25, -0.2) is 0 Å². The molecule has 0 spiro atoms. The van der Waals surface area contributed by atoms with Crippen molar-refractivity contribution in [2.45, 2.75) is 40.0 Å². The Morgan fingerprint density at radius 3 is 2.75 bits per heavy atom. The summed E-state index contributed by atoms with van der Waals surface area (Å²) in [7, 11) is 0. The standard InChI is InChI=1S/C14H21NO/c1-4-12-6-5-7-13(10-12)15-14(16)9-8-11(2)3/h5-7,10-11H,4,8-9H2,1-3H3,(H,15,16). The second kappa shape index (κ2) is 6.31. The van der Waals surface area contributed by atoms with Crippen LogP contribution in [0, 0.1) is 5.92 Å². The van der Waals surface area contributed by atoms with E-state index in [4.69, 9.17) is 0 Å².